The number of unbranched alkanes of at least 4 members (excludes halogenated alkanes) is 6. The highest BCUT2D eigenvalue weighted by Crippen LogP contribution is 2.46. The fourth-order valence-corrected chi connectivity index (χ4v) is 4.61. The van der Waals surface area contributed by atoms with E-state index in [1.807, 2.05) is 30.3 Å². The van der Waals surface area contributed by atoms with Crippen LogP contribution in [0.5, 0.6) is 0 Å². The van der Waals surface area contributed by atoms with Crippen LogP contribution in [0.3, 0.4) is 0 Å². The Hall–Kier alpha value is -0.590. The molecule has 2 nitrogen and oxygen atoms in total. The molecule has 0 aliphatic carbocycles. The Labute approximate surface area is 130 Å². The van der Waals surface area contributed by atoms with Crippen molar-refractivity contribution in [2.75, 3.05) is 12.8 Å². The summed E-state index contributed by atoms with van der Waals surface area (Å²) < 4.78 is 19.0. The molecule has 0 aliphatic heterocycles. The van der Waals surface area contributed by atoms with E-state index >= 15 is 0 Å². The zero-order valence-corrected chi connectivity index (χ0v) is 14.6. The smallest absolute Gasteiger partial charge is 0.232 e. The fourth-order valence-electron chi connectivity index (χ4n) is 2.38. The Morgan fingerprint density at radius 3 is 2.14 bits per heavy atom. The summed E-state index contributed by atoms with van der Waals surface area (Å²) in [6.07, 6.45) is 10.0. The van der Waals surface area contributed by atoms with E-state index < -0.39 is 7.37 Å². The molecule has 1 atom stereocenters. The molecule has 1 aromatic carbocycles. The summed E-state index contributed by atoms with van der Waals surface area (Å²) in [5.74, 6) is 0. The zero-order chi connectivity index (χ0) is 15.4. The molecule has 1 rings (SSSR count). The molecule has 0 spiro atoms. The first kappa shape index (κ1) is 18.5. The van der Waals surface area contributed by atoms with Crippen molar-refractivity contribution in [2.24, 2.45) is 0 Å². The lowest BCUT2D eigenvalue weighted by atomic mass is 10.1. The van der Waals surface area contributed by atoms with Crippen molar-refractivity contribution in [1.82, 2.24) is 0 Å². The van der Waals surface area contributed by atoms with Gasteiger partial charge in [0.15, 0.2) is 0 Å². The monoisotopic (exact) mass is 310 g/mol. The van der Waals surface area contributed by atoms with Gasteiger partial charge in [-0.2, -0.15) is 0 Å². The van der Waals surface area contributed by atoms with E-state index in [1.165, 1.54) is 25.7 Å². The maximum Gasteiger partial charge on any atom is 0.232 e. The molecule has 0 N–H and O–H groups in total. The summed E-state index contributed by atoms with van der Waals surface area (Å²) in [4.78, 5) is 0. The van der Waals surface area contributed by atoms with Crippen molar-refractivity contribution in [3.8, 4) is 0 Å². The van der Waals surface area contributed by atoms with Gasteiger partial charge in [0.25, 0.3) is 0 Å². The highest BCUT2D eigenvalue weighted by Gasteiger charge is 2.24. The third-order valence-corrected chi connectivity index (χ3v) is 6.34. The van der Waals surface area contributed by atoms with E-state index in [2.05, 4.69) is 13.8 Å². The summed E-state index contributed by atoms with van der Waals surface area (Å²) in [5, 5.41) is 0.884. The molecule has 0 saturated heterocycles. The predicted molar refractivity (Wildman–Crippen MR) is 92.8 cm³/mol. The second-order valence-corrected chi connectivity index (χ2v) is 8.26. The molecule has 0 radical (unpaired) electrons. The van der Waals surface area contributed by atoms with Gasteiger partial charge in [0.2, 0.25) is 7.37 Å². The number of hydrogen-bond acceptors (Lipinski definition) is 2. The average molecular weight is 310 g/mol. The number of rotatable bonds is 12. The van der Waals surface area contributed by atoms with Crippen molar-refractivity contribution < 1.29 is 9.09 Å². The molecule has 0 fully saturated rings. The van der Waals surface area contributed by atoms with E-state index in [0.717, 1.165) is 31.0 Å². The van der Waals surface area contributed by atoms with Crippen molar-refractivity contribution in [3.05, 3.63) is 30.3 Å². The topological polar surface area (TPSA) is 26.3 Å². The molecule has 0 heterocycles. The molecule has 0 amide bonds. The van der Waals surface area contributed by atoms with Crippen LogP contribution in [0.25, 0.3) is 0 Å². The van der Waals surface area contributed by atoms with Gasteiger partial charge in [-0.15, -0.1) is 0 Å². The van der Waals surface area contributed by atoms with Gasteiger partial charge in [-0.25, -0.2) is 0 Å². The van der Waals surface area contributed by atoms with E-state index in [0.29, 0.717) is 12.8 Å². The Morgan fingerprint density at radius 2 is 1.48 bits per heavy atom. The fraction of sp³-hybridized carbons (Fsp3) is 0.667. The van der Waals surface area contributed by atoms with Crippen LogP contribution in [0.4, 0.5) is 0 Å². The molecule has 0 saturated carbocycles. The Bertz CT molecular complexity index is 403. The van der Waals surface area contributed by atoms with Crippen LogP contribution in [0.15, 0.2) is 30.3 Å². The summed E-state index contributed by atoms with van der Waals surface area (Å²) in [7, 11) is -2.66. The minimum absolute atomic E-state index is 0.610. The maximum absolute atomic E-state index is 13.2. The quantitative estimate of drug-likeness (QED) is 0.362. The number of benzene rings is 1. The lowest BCUT2D eigenvalue weighted by Gasteiger charge is -2.19. The number of hydrogen-bond donors (Lipinski definition) is 0. The second kappa shape index (κ2) is 11.0. The molecule has 3 heteroatoms. The highest BCUT2D eigenvalue weighted by molar-refractivity contribution is 7.67. The molecule has 0 bridgehead atoms. The highest BCUT2D eigenvalue weighted by atomic mass is 31.2. The van der Waals surface area contributed by atoms with Crippen LogP contribution in [-0.4, -0.2) is 12.8 Å². The molecule has 0 aliphatic rings. The molecular weight excluding hydrogens is 279 g/mol. The van der Waals surface area contributed by atoms with Gasteiger partial charge >= 0.3 is 0 Å². The molecule has 0 aromatic heterocycles. The largest absolute Gasteiger partial charge is 0.325 e. The average Bonchev–Trinajstić information content (AvgIpc) is 2.52. The van der Waals surface area contributed by atoms with Gasteiger partial charge in [-0.3, -0.25) is 4.57 Å². The van der Waals surface area contributed by atoms with Crippen LogP contribution < -0.4 is 5.30 Å². The van der Waals surface area contributed by atoms with Gasteiger partial charge in [0, 0.05) is 11.5 Å². The summed E-state index contributed by atoms with van der Waals surface area (Å²) in [6.45, 7) is 4.97. The van der Waals surface area contributed by atoms with Crippen LogP contribution in [0.1, 0.15) is 65.2 Å². The standard InChI is InChI=1S/C18H31O2P/c1-3-5-7-8-9-13-17-21(19,20-16-6-4-2)18-14-11-10-12-15-18/h10-12,14-15H,3-9,13,16-17H2,1-2H3. The van der Waals surface area contributed by atoms with Gasteiger partial charge in [-0.05, 0) is 25.0 Å². The maximum atomic E-state index is 13.2. The van der Waals surface area contributed by atoms with E-state index in [4.69, 9.17) is 4.52 Å². The Kier molecular flexibility index (Phi) is 9.70. The van der Waals surface area contributed by atoms with Gasteiger partial charge in [0.1, 0.15) is 0 Å². The normalized spacial score (nSPS) is 14.0. The van der Waals surface area contributed by atoms with Crippen molar-refractivity contribution in [1.29, 1.82) is 0 Å². The first-order valence-corrected chi connectivity index (χ1v) is 10.3. The molecule has 120 valence electrons. The Balaban J connectivity index is 2.50. The first-order valence-electron chi connectivity index (χ1n) is 8.52. The zero-order valence-electron chi connectivity index (χ0n) is 13.7. The molecule has 1 aromatic rings. The van der Waals surface area contributed by atoms with Crippen LogP contribution in [0.2, 0.25) is 0 Å². The van der Waals surface area contributed by atoms with Gasteiger partial charge < -0.3 is 4.52 Å². The molecule has 1 unspecified atom stereocenters. The molecular formula is C18H31O2P. The van der Waals surface area contributed by atoms with Crippen LogP contribution >= 0.6 is 7.37 Å². The molecule has 21 heavy (non-hydrogen) atoms. The third kappa shape index (κ3) is 7.29. The van der Waals surface area contributed by atoms with Crippen LogP contribution in [0, 0.1) is 0 Å². The third-order valence-electron chi connectivity index (χ3n) is 3.75. The lowest BCUT2D eigenvalue weighted by molar-refractivity contribution is 0.311. The summed E-state index contributed by atoms with van der Waals surface area (Å²) >= 11 is 0. The van der Waals surface area contributed by atoms with E-state index in [1.54, 1.807) is 0 Å². The van der Waals surface area contributed by atoms with Gasteiger partial charge in [-0.1, -0.05) is 70.6 Å². The van der Waals surface area contributed by atoms with Crippen LogP contribution in [-0.2, 0) is 9.09 Å². The SMILES string of the molecule is CCCCCCCCP(=O)(OCCCC)c1ccccc1. The minimum atomic E-state index is -2.66. The lowest BCUT2D eigenvalue weighted by Crippen LogP contribution is -2.11. The summed E-state index contributed by atoms with van der Waals surface area (Å²) in [6, 6.07) is 9.76. The predicted octanol–water partition coefficient (Wildman–Crippen LogP) is 5.77. The van der Waals surface area contributed by atoms with Crippen molar-refractivity contribution in [3.63, 3.8) is 0 Å². The van der Waals surface area contributed by atoms with Crippen molar-refractivity contribution >= 4 is 12.7 Å². The van der Waals surface area contributed by atoms with E-state index in [9.17, 15) is 4.57 Å². The second-order valence-electron chi connectivity index (χ2n) is 5.69. The summed E-state index contributed by atoms with van der Waals surface area (Å²) in [5.41, 5.74) is 0. The first-order chi connectivity index (χ1) is 10.2. The minimum Gasteiger partial charge on any atom is -0.325 e. The Morgan fingerprint density at radius 1 is 0.857 bits per heavy atom. The van der Waals surface area contributed by atoms with Crippen molar-refractivity contribution in [2.45, 2.75) is 65.2 Å². The van der Waals surface area contributed by atoms with E-state index in [-0.39, 0.29) is 0 Å². The van der Waals surface area contributed by atoms with Gasteiger partial charge in [0.05, 0.1) is 6.61 Å².